The van der Waals surface area contributed by atoms with Crippen LogP contribution in [0, 0.1) is 11.8 Å². The smallest absolute Gasteiger partial charge is 0.0415 e. The molecule has 1 aliphatic carbocycles. The lowest BCUT2D eigenvalue weighted by Crippen LogP contribution is -2.26. The molecule has 1 heterocycles. The van der Waals surface area contributed by atoms with Crippen LogP contribution in [0.25, 0.3) is 0 Å². The normalized spacial score (nSPS) is 34.8. The summed E-state index contributed by atoms with van der Waals surface area (Å²) in [7, 11) is 0. The lowest BCUT2D eigenvalue weighted by Gasteiger charge is -2.26. The Morgan fingerprint density at radius 2 is 2.18 bits per heavy atom. The van der Waals surface area contributed by atoms with Crippen LogP contribution in [0.5, 0.6) is 0 Å². The number of fused-ring (bicyclic) bond motifs is 1. The topological polar surface area (TPSA) is 24.7 Å². The summed E-state index contributed by atoms with van der Waals surface area (Å²) in [5.41, 5.74) is 1.20. The third-order valence-electron chi connectivity index (χ3n) is 2.49. The zero-order chi connectivity index (χ0) is 7.68. The highest BCUT2D eigenvalue weighted by Crippen LogP contribution is 2.27. The van der Waals surface area contributed by atoms with Crippen molar-refractivity contribution in [3.05, 3.63) is 12.2 Å². The zero-order valence-electron chi connectivity index (χ0n) is 6.70. The second-order valence-electron chi connectivity index (χ2n) is 3.22. The third kappa shape index (κ3) is 1.13. The van der Waals surface area contributed by atoms with Gasteiger partial charge in [0.15, 0.2) is 0 Å². The van der Waals surface area contributed by atoms with Gasteiger partial charge in [-0.05, 0) is 19.8 Å². The molecular formula is C9H12N2. The maximum absolute atomic E-state index is 4.07. The van der Waals surface area contributed by atoms with Gasteiger partial charge in [-0.25, -0.2) is 0 Å². The average Bonchev–Trinajstić information content (AvgIpc) is 2.06. The largest absolute Gasteiger partial charge is 0.163 e. The van der Waals surface area contributed by atoms with Crippen molar-refractivity contribution in [3.63, 3.8) is 0 Å². The third-order valence-corrected chi connectivity index (χ3v) is 2.49. The molecule has 0 aromatic rings. The summed E-state index contributed by atoms with van der Waals surface area (Å²) >= 11 is 0. The monoisotopic (exact) mass is 148 g/mol. The molecule has 0 aromatic carbocycles. The van der Waals surface area contributed by atoms with Crippen molar-refractivity contribution in [2.45, 2.75) is 19.8 Å². The van der Waals surface area contributed by atoms with E-state index in [-0.39, 0.29) is 0 Å². The van der Waals surface area contributed by atoms with Crippen LogP contribution in [0.3, 0.4) is 0 Å². The van der Waals surface area contributed by atoms with E-state index in [1.807, 2.05) is 6.21 Å². The molecule has 58 valence electrons. The van der Waals surface area contributed by atoms with Gasteiger partial charge in [-0.1, -0.05) is 12.2 Å². The predicted molar refractivity (Wildman–Crippen MR) is 47.0 cm³/mol. The molecule has 0 radical (unpaired) electrons. The van der Waals surface area contributed by atoms with Crippen LogP contribution in [0.15, 0.2) is 22.4 Å². The minimum Gasteiger partial charge on any atom is -0.163 e. The summed E-state index contributed by atoms with van der Waals surface area (Å²) in [5, 5.41) is 8.04. The molecule has 11 heavy (non-hydrogen) atoms. The highest BCUT2D eigenvalue weighted by atomic mass is 15.2. The van der Waals surface area contributed by atoms with Crippen molar-refractivity contribution >= 4 is 11.9 Å². The Balaban J connectivity index is 2.25. The van der Waals surface area contributed by atoms with Gasteiger partial charge in [-0.2, -0.15) is 10.2 Å². The van der Waals surface area contributed by atoms with Crippen LogP contribution < -0.4 is 0 Å². The van der Waals surface area contributed by atoms with E-state index in [9.17, 15) is 0 Å². The van der Waals surface area contributed by atoms with Gasteiger partial charge in [0.05, 0.1) is 0 Å². The number of hydrogen-bond acceptors (Lipinski definition) is 2. The molecule has 1 aliphatic heterocycles. The van der Waals surface area contributed by atoms with E-state index < -0.39 is 0 Å². The first-order valence-corrected chi connectivity index (χ1v) is 4.10. The van der Waals surface area contributed by atoms with E-state index in [2.05, 4.69) is 29.3 Å². The minimum atomic E-state index is 0.623. The first-order chi connectivity index (χ1) is 5.38. The summed E-state index contributed by atoms with van der Waals surface area (Å²) in [6, 6.07) is 0. The molecule has 0 saturated heterocycles. The van der Waals surface area contributed by atoms with Crippen LogP contribution >= 0.6 is 0 Å². The van der Waals surface area contributed by atoms with Gasteiger partial charge in [0.1, 0.15) is 0 Å². The summed E-state index contributed by atoms with van der Waals surface area (Å²) in [4.78, 5) is 0. The molecule has 2 rings (SSSR count). The van der Waals surface area contributed by atoms with Crippen molar-refractivity contribution in [2.75, 3.05) is 0 Å². The van der Waals surface area contributed by atoms with E-state index in [4.69, 9.17) is 0 Å². The average molecular weight is 148 g/mol. The van der Waals surface area contributed by atoms with Crippen LogP contribution in [-0.4, -0.2) is 11.9 Å². The number of nitrogens with zero attached hydrogens (tertiary/aromatic N) is 2. The second kappa shape index (κ2) is 2.61. The summed E-state index contributed by atoms with van der Waals surface area (Å²) in [6.07, 6.45) is 8.76. The number of hydrogen-bond donors (Lipinski definition) is 0. The van der Waals surface area contributed by atoms with Crippen LogP contribution in [0.2, 0.25) is 0 Å². The van der Waals surface area contributed by atoms with Crippen molar-refractivity contribution < 1.29 is 0 Å². The Kier molecular flexibility index (Phi) is 1.60. The first kappa shape index (κ1) is 6.77. The van der Waals surface area contributed by atoms with Crippen LogP contribution in [0.4, 0.5) is 0 Å². The standard InChI is InChI=1S/C9H12N2/c1-7-9-5-3-2-4-8(9)6-10-11-7/h2-3,6,8-9H,4-5H2,1H3. The Bertz CT molecular complexity index is 238. The lowest BCUT2D eigenvalue weighted by molar-refractivity contribution is 0.517. The fourth-order valence-corrected chi connectivity index (χ4v) is 1.76. The fourth-order valence-electron chi connectivity index (χ4n) is 1.76. The molecule has 2 nitrogen and oxygen atoms in total. The maximum atomic E-state index is 4.07. The summed E-state index contributed by atoms with van der Waals surface area (Å²) < 4.78 is 0. The Morgan fingerprint density at radius 3 is 3.00 bits per heavy atom. The summed E-state index contributed by atoms with van der Waals surface area (Å²) in [5.74, 6) is 1.26. The van der Waals surface area contributed by atoms with Gasteiger partial charge < -0.3 is 0 Å². The molecule has 0 saturated carbocycles. The van der Waals surface area contributed by atoms with Gasteiger partial charge in [0.2, 0.25) is 0 Å². The molecule has 2 aliphatic rings. The van der Waals surface area contributed by atoms with E-state index in [0.717, 1.165) is 12.8 Å². The Hall–Kier alpha value is -0.920. The highest BCUT2D eigenvalue weighted by molar-refractivity contribution is 5.89. The molecule has 0 bridgehead atoms. The van der Waals surface area contributed by atoms with E-state index in [1.54, 1.807) is 0 Å². The highest BCUT2D eigenvalue weighted by Gasteiger charge is 2.25. The van der Waals surface area contributed by atoms with Crippen LogP contribution in [0.1, 0.15) is 19.8 Å². The van der Waals surface area contributed by atoms with Gasteiger partial charge in [0.25, 0.3) is 0 Å². The molecule has 0 amide bonds. The van der Waals surface area contributed by atoms with Gasteiger partial charge in [-0.3, -0.25) is 0 Å². The molecular weight excluding hydrogens is 136 g/mol. The Morgan fingerprint density at radius 1 is 1.36 bits per heavy atom. The molecule has 0 spiro atoms. The second-order valence-corrected chi connectivity index (χ2v) is 3.22. The van der Waals surface area contributed by atoms with E-state index in [1.165, 1.54) is 5.71 Å². The number of rotatable bonds is 0. The molecule has 2 unspecified atom stereocenters. The number of allylic oxidation sites excluding steroid dienone is 2. The molecule has 0 fully saturated rings. The lowest BCUT2D eigenvalue weighted by atomic mass is 9.80. The maximum Gasteiger partial charge on any atom is 0.0415 e. The quantitative estimate of drug-likeness (QED) is 0.469. The van der Waals surface area contributed by atoms with E-state index >= 15 is 0 Å². The van der Waals surface area contributed by atoms with Gasteiger partial charge in [0, 0.05) is 23.8 Å². The van der Waals surface area contributed by atoms with E-state index in [0.29, 0.717) is 11.8 Å². The molecule has 2 atom stereocenters. The van der Waals surface area contributed by atoms with Crippen LogP contribution in [-0.2, 0) is 0 Å². The van der Waals surface area contributed by atoms with Crippen molar-refractivity contribution in [1.29, 1.82) is 0 Å². The molecule has 2 heteroatoms. The fraction of sp³-hybridized carbons (Fsp3) is 0.556. The van der Waals surface area contributed by atoms with Crippen molar-refractivity contribution in [2.24, 2.45) is 22.0 Å². The zero-order valence-corrected chi connectivity index (χ0v) is 6.70. The summed E-state index contributed by atoms with van der Waals surface area (Å²) in [6.45, 7) is 2.08. The SMILES string of the molecule is CC1=NN=CC2CC=CCC12. The first-order valence-electron chi connectivity index (χ1n) is 4.10. The van der Waals surface area contributed by atoms with Crippen molar-refractivity contribution in [1.82, 2.24) is 0 Å². The van der Waals surface area contributed by atoms with Gasteiger partial charge >= 0.3 is 0 Å². The molecule has 0 aromatic heterocycles. The van der Waals surface area contributed by atoms with Gasteiger partial charge in [-0.15, -0.1) is 0 Å². The minimum absolute atomic E-state index is 0.623. The molecule has 0 N–H and O–H groups in total. The predicted octanol–water partition coefficient (Wildman–Crippen LogP) is 2.03. The van der Waals surface area contributed by atoms with Crippen molar-refractivity contribution in [3.8, 4) is 0 Å². The Labute approximate surface area is 66.7 Å².